The highest BCUT2D eigenvalue weighted by Gasteiger charge is 2.19. The Morgan fingerprint density at radius 3 is 2.79 bits per heavy atom. The molecule has 8 nitrogen and oxygen atoms in total. The molecule has 4 rings (SSSR count). The fraction of sp³-hybridized carbons (Fsp3) is 0.158. The van der Waals surface area contributed by atoms with Gasteiger partial charge in [-0.3, -0.25) is 9.36 Å². The molecule has 1 aromatic carbocycles. The van der Waals surface area contributed by atoms with Crippen molar-refractivity contribution in [3.8, 4) is 17.3 Å². The van der Waals surface area contributed by atoms with Gasteiger partial charge in [0.2, 0.25) is 11.7 Å². The summed E-state index contributed by atoms with van der Waals surface area (Å²) in [4.78, 5) is 12.2. The summed E-state index contributed by atoms with van der Waals surface area (Å²) in [5.74, 6) is 2.13. The second kappa shape index (κ2) is 7.73. The number of rotatable bonds is 6. The number of carbonyl (C=O) groups is 1. The monoisotopic (exact) mass is 395 g/mol. The van der Waals surface area contributed by atoms with Gasteiger partial charge in [-0.1, -0.05) is 29.1 Å². The molecule has 0 fully saturated rings. The number of aromatic nitrogens is 4. The van der Waals surface area contributed by atoms with Crippen molar-refractivity contribution in [2.45, 2.75) is 19.0 Å². The van der Waals surface area contributed by atoms with E-state index in [2.05, 4.69) is 20.7 Å². The Labute approximate surface area is 164 Å². The molecule has 0 unspecified atom stereocenters. The molecule has 0 atom stereocenters. The van der Waals surface area contributed by atoms with Crippen LogP contribution in [-0.4, -0.2) is 31.6 Å². The Kier molecular flexibility index (Phi) is 4.98. The molecule has 0 radical (unpaired) electrons. The smallest absolute Gasteiger partial charge is 0.236 e. The number of amides is 1. The minimum atomic E-state index is -0.211. The Bertz CT molecular complexity index is 1100. The van der Waals surface area contributed by atoms with Crippen molar-refractivity contribution < 1.29 is 13.7 Å². The fourth-order valence-corrected chi connectivity index (χ4v) is 3.41. The Balaban J connectivity index is 1.59. The Hall–Kier alpha value is -3.33. The number of furan rings is 1. The van der Waals surface area contributed by atoms with Crippen LogP contribution in [0.15, 0.2) is 62.8 Å². The van der Waals surface area contributed by atoms with Crippen LogP contribution < -0.4 is 5.32 Å². The number of nitrogens with one attached hydrogen (secondary N) is 1. The topological polar surface area (TPSA) is 99.0 Å². The van der Waals surface area contributed by atoms with Crippen LogP contribution >= 0.6 is 11.8 Å². The molecular weight excluding hydrogens is 378 g/mol. The van der Waals surface area contributed by atoms with E-state index in [0.717, 1.165) is 11.3 Å². The summed E-state index contributed by atoms with van der Waals surface area (Å²) in [7, 11) is 0. The van der Waals surface area contributed by atoms with Crippen molar-refractivity contribution in [2.75, 3.05) is 11.1 Å². The molecule has 142 valence electrons. The fourth-order valence-electron chi connectivity index (χ4n) is 2.66. The predicted molar refractivity (Wildman–Crippen MR) is 104 cm³/mol. The van der Waals surface area contributed by atoms with Crippen molar-refractivity contribution in [3.63, 3.8) is 0 Å². The highest BCUT2D eigenvalue weighted by molar-refractivity contribution is 7.99. The number of aryl methyl sites for hydroxylation is 2. The third-order valence-corrected chi connectivity index (χ3v) is 4.79. The van der Waals surface area contributed by atoms with E-state index in [4.69, 9.17) is 8.94 Å². The molecule has 0 bridgehead atoms. The number of benzene rings is 1. The number of carbonyl (C=O) groups excluding carboxylic acids is 1. The predicted octanol–water partition coefficient (Wildman–Crippen LogP) is 3.86. The van der Waals surface area contributed by atoms with E-state index < -0.39 is 0 Å². The molecular formula is C19H17N5O3S. The number of anilines is 1. The number of nitrogens with zero attached hydrogens (tertiary/aromatic N) is 4. The maximum Gasteiger partial charge on any atom is 0.236 e. The van der Waals surface area contributed by atoms with Crippen molar-refractivity contribution >= 4 is 23.5 Å². The van der Waals surface area contributed by atoms with E-state index in [-0.39, 0.29) is 11.7 Å². The van der Waals surface area contributed by atoms with Gasteiger partial charge >= 0.3 is 0 Å². The maximum absolute atomic E-state index is 12.2. The van der Waals surface area contributed by atoms with Crippen LogP contribution in [0, 0.1) is 13.8 Å². The van der Waals surface area contributed by atoms with Gasteiger partial charge in [0, 0.05) is 6.07 Å². The average Bonchev–Trinajstić information content (AvgIpc) is 3.40. The maximum atomic E-state index is 12.2. The number of hydrogen-bond acceptors (Lipinski definition) is 7. The van der Waals surface area contributed by atoms with Crippen LogP contribution in [0.4, 0.5) is 5.82 Å². The van der Waals surface area contributed by atoms with Crippen molar-refractivity contribution in [1.82, 2.24) is 19.9 Å². The molecule has 9 heteroatoms. The molecule has 1 N–H and O–H groups in total. The van der Waals surface area contributed by atoms with Crippen molar-refractivity contribution in [1.29, 1.82) is 0 Å². The summed E-state index contributed by atoms with van der Waals surface area (Å²) in [6.07, 6.45) is 1.59. The summed E-state index contributed by atoms with van der Waals surface area (Å²) < 4.78 is 12.3. The molecule has 0 aliphatic carbocycles. The SMILES string of the molecule is Cc1cccc(-n2c(SCC(=O)Nc3cc(C)on3)nnc2-c2ccco2)c1. The third-order valence-electron chi connectivity index (χ3n) is 3.86. The van der Waals surface area contributed by atoms with Crippen LogP contribution in [0.5, 0.6) is 0 Å². The van der Waals surface area contributed by atoms with E-state index in [9.17, 15) is 4.79 Å². The lowest BCUT2D eigenvalue weighted by Gasteiger charge is -2.09. The van der Waals surface area contributed by atoms with Gasteiger partial charge in [-0.25, -0.2) is 0 Å². The molecule has 1 amide bonds. The van der Waals surface area contributed by atoms with Crippen molar-refractivity contribution in [2.24, 2.45) is 0 Å². The van der Waals surface area contributed by atoms with E-state index in [1.807, 2.05) is 41.8 Å². The summed E-state index contributed by atoms with van der Waals surface area (Å²) in [5, 5.41) is 15.6. The van der Waals surface area contributed by atoms with Gasteiger partial charge in [0.05, 0.1) is 17.7 Å². The standard InChI is InChI=1S/C19H17N5O3S/c1-12-5-3-6-14(9-12)24-18(15-7-4-8-26-15)21-22-19(24)28-11-17(25)20-16-10-13(2)27-23-16/h3-10H,11H2,1-2H3,(H,20,23,25). The van der Waals surface area contributed by atoms with E-state index in [1.165, 1.54) is 11.8 Å². The van der Waals surface area contributed by atoms with Gasteiger partial charge in [-0.05, 0) is 43.7 Å². The van der Waals surface area contributed by atoms with Crippen LogP contribution in [0.3, 0.4) is 0 Å². The zero-order valence-electron chi connectivity index (χ0n) is 15.2. The molecule has 0 aliphatic rings. The van der Waals surface area contributed by atoms with Crippen LogP contribution in [0.25, 0.3) is 17.3 Å². The van der Waals surface area contributed by atoms with Crippen LogP contribution in [0.1, 0.15) is 11.3 Å². The minimum Gasteiger partial charge on any atom is -0.461 e. The van der Waals surface area contributed by atoms with Gasteiger partial charge in [-0.2, -0.15) is 0 Å². The lowest BCUT2D eigenvalue weighted by molar-refractivity contribution is -0.113. The van der Waals surface area contributed by atoms with Gasteiger partial charge in [0.15, 0.2) is 16.7 Å². The molecule has 0 spiro atoms. The largest absolute Gasteiger partial charge is 0.461 e. The van der Waals surface area contributed by atoms with Crippen LogP contribution in [0.2, 0.25) is 0 Å². The summed E-state index contributed by atoms with van der Waals surface area (Å²) in [6, 6.07) is 13.2. The van der Waals surface area contributed by atoms with Gasteiger partial charge in [0.25, 0.3) is 0 Å². The summed E-state index contributed by atoms with van der Waals surface area (Å²) in [6.45, 7) is 3.78. The Morgan fingerprint density at radius 2 is 2.07 bits per heavy atom. The Morgan fingerprint density at radius 1 is 1.18 bits per heavy atom. The molecule has 4 aromatic rings. The van der Waals surface area contributed by atoms with Gasteiger partial charge in [-0.15, -0.1) is 10.2 Å². The zero-order valence-corrected chi connectivity index (χ0v) is 16.1. The van der Waals surface area contributed by atoms with Crippen molar-refractivity contribution in [3.05, 3.63) is 60.1 Å². The molecule has 28 heavy (non-hydrogen) atoms. The third kappa shape index (κ3) is 3.84. The highest BCUT2D eigenvalue weighted by atomic mass is 32.2. The van der Waals surface area contributed by atoms with Crippen LogP contribution in [-0.2, 0) is 4.79 Å². The molecule has 0 saturated carbocycles. The van der Waals surface area contributed by atoms with E-state index in [0.29, 0.717) is 28.3 Å². The first-order chi connectivity index (χ1) is 13.6. The number of thioether (sulfide) groups is 1. The van der Waals surface area contributed by atoms with Gasteiger partial charge in [0.1, 0.15) is 5.76 Å². The summed E-state index contributed by atoms with van der Waals surface area (Å²) >= 11 is 1.28. The first-order valence-electron chi connectivity index (χ1n) is 8.52. The zero-order chi connectivity index (χ0) is 19.5. The average molecular weight is 395 g/mol. The summed E-state index contributed by atoms with van der Waals surface area (Å²) in [5.41, 5.74) is 2.00. The molecule has 3 aromatic heterocycles. The first kappa shape index (κ1) is 18.1. The second-order valence-corrected chi connectivity index (χ2v) is 7.06. The second-order valence-electron chi connectivity index (χ2n) is 6.12. The number of hydrogen-bond donors (Lipinski definition) is 1. The van der Waals surface area contributed by atoms with E-state index in [1.54, 1.807) is 25.3 Å². The van der Waals surface area contributed by atoms with Gasteiger partial charge < -0.3 is 14.3 Å². The molecule has 0 saturated heterocycles. The lowest BCUT2D eigenvalue weighted by Crippen LogP contribution is -2.14. The quantitative estimate of drug-likeness (QED) is 0.495. The molecule has 0 aliphatic heterocycles. The van der Waals surface area contributed by atoms with E-state index >= 15 is 0 Å². The lowest BCUT2D eigenvalue weighted by atomic mass is 10.2. The minimum absolute atomic E-state index is 0.147. The highest BCUT2D eigenvalue weighted by Crippen LogP contribution is 2.28. The first-order valence-corrected chi connectivity index (χ1v) is 9.51. The molecule has 3 heterocycles. The normalized spacial score (nSPS) is 10.9.